The third-order valence-electron chi connectivity index (χ3n) is 3.29. The molecule has 0 aromatic heterocycles. The average Bonchev–Trinajstić information content (AvgIpc) is 2.32. The number of hydrogen-bond acceptors (Lipinski definition) is 0. The molecule has 0 nitrogen and oxygen atoms in total. The molecule has 0 heterocycles. The van der Waals surface area contributed by atoms with E-state index >= 15 is 0 Å². The number of benzene rings is 1. The first-order chi connectivity index (χ1) is 7.40. The summed E-state index contributed by atoms with van der Waals surface area (Å²) in [5.74, 6) is 0.750. The minimum absolute atomic E-state index is 0. The van der Waals surface area contributed by atoms with Crippen molar-refractivity contribution in [3.63, 3.8) is 0 Å². The van der Waals surface area contributed by atoms with Gasteiger partial charge < -0.3 is 0 Å². The summed E-state index contributed by atoms with van der Waals surface area (Å²) in [7, 11) is 0. The second-order valence-electron chi connectivity index (χ2n) is 4.42. The van der Waals surface area contributed by atoms with Gasteiger partial charge in [-0.1, -0.05) is 25.0 Å². The summed E-state index contributed by atoms with van der Waals surface area (Å²) < 4.78 is 0. The molecule has 0 radical (unpaired) electrons. The number of rotatable bonds is 3. The molecule has 0 N–H and O–H groups in total. The van der Waals surface area contributed by atoms with Crippen LogP contribution in [-0.2, 0) is 0 Å². The molecule has 1 aliphatic carbocycles. The van der Waals surface area contributed by atoms with Crippen LogP contribution in [0.3, 0.4) is 0 Å². The molecule has 16 heavy (non-hydrogen) atoms. The Morgan fingerprint density at radius 3 is 2.62 bits per heavy atom. The van der Waals surface area contributed by atoms with E-state index in [4.69, 9.17) is 0 Å². The molecule has 0 amide bonds. The Balaban J connectivity index is 0.00000128. The Morgan fingerprint density at radius 1 is 1.31 bits per heavy atom. The van der Waals surface area contributed by atoms with Crippen molar-refractivity contribution < 1.29 is 18.9 Å². The molecule has 0 saturated heterocycles. The Labute approximate surface area is 111 Å². The Hall–Kier alpha value is -0.443. The molecule has 1 aromatic carbocycles. The van der Waals surface area contributed by atoms with Crippen LogP contribution >= 0.6 is 0 Å². The van der Waals surface area contributed by atoms with E-state index in [9.17, 15) is 0 Å². The van der Waals surface area contributed by atoms with Gasteiger partial charge >= 0.3 is 18.9 Å². The third-order valence-corrected chi connectivity index (χ3v) is 3.29. The van der Waals surface area contributed by atoms with Crippen LogP contribution in [0.15, 0.2) is 35.9 Å². The first-order valence-electron chi connectivity index (χ1n) is 6.04. The van der Waals surface area contributed by atoms with Crippen LogP contribution in [0.25, 0.3) is 0 Å². The van der Waals surface area contributed by atoms with E-state index in [2.05, 4.69) is 31.2 Å². The van der Waals surface area contributed by atoms with Crippen LogP contribution < -0.4 is 18.9 Å². The van der Waals surface area contributed by atoms with Crippen LogP contribution in [0.5, 0.6) is 0 Å². The second kappa shape index (κ2) is 7.00. The Kier molecular flexibility index (Phi) is 5.96. The van der Waals surface area contributed by atoms with Gasteiger partial charge in [-0.05, 0) is 31.6 Å². The molecule has 0 bridgehead atoms. The van der Waals surface area contributed by atoms with E-state index in [1.54, 1.807) is 5.57 Å². The SMILES string of the molecule is CCCC1=CCC(c2cc[c-]cc2)CC1.[Li+]. The van der Waals surface area contributed by atoms with Gasteiger partial charge in [0.15, 0.2) is 0 Å². The van der Waals surface area contributed by atoms with Crippen molar-refractivity contribution in [2.24, 2.45) is 0 Å². The van der Waals surface area contributed by atoms with Crippen molar-refractivity contribution in [3.8, 4) is 0 Å². The molecular weight excluding hydrogens is 187 g/mol. The zero-order valence-electron chi connectivity index (χ0n) is 10.5. The third kappa shape index (κ3) is 3.54. The minimum atomic E-state index is 0. The maximum atomic E-state index is 3.09. The van der Waals surface area contributed by atoms with E-state index in [1.807, 2.05) is 12.1 Å². The van der Waals surface area contributed by atoms with Gasteiger partial charge in [-0.2, -0.15) is 35.9 Å². The van der Waals surface area contributed by atoms with Crippen molar-refractivity contribution in [1.29, 1.82) is 0 Å². The van der Waals surface area contributed by atoms with E-state index < -0.39 is 0 Å². The number of allylic oxidation sites excluding steroid dienone is 2. The fourth-order valence-corrected chi connectivity index (χ4v) is 2.41. The summed E-state index contributed by atoms with van der Waals surface area (Å²) in [5, 5.41) is 0. The molecule has 1 aliphatic rings. The maximum Gasteiger partial charge on any atom is 1.00 e. The molecule has 1 atom stereocenters. The fraction of sp³-hybridized carbons (Fsp3) is 0.467. The van der Waals surface area contributed by atoms with Crippen LogP contribution in [0.4, 0.5) is 0 Å². The molecule has 0 fully saturated rings. The quantitative estimate of drug-likeness (QED) is 0.399. The van der Waals surface area contributed by atoms with Gasteiger partial charge in [0.25, 0.3) is 0 Å². The predicted molar refractivity (Wildman–Crippen MR) is 64.9 cm³/mol. The minimum Gasteiger partial charge on any atom is -0.184 e. The average molecular weight is 206 g/mol. The van der Waals surface area contributed by atoms with Crippen molar-refractivity contribution in [1.82, 2.24) is 0 Å². The van der Waals surface area contributed by atoms with E-state index in [0.717, 1.165) is 5.92 Å². The molecule has 0 spiro atoms. The summed E-state index contributed by atoms with van der Waals surface area (Å²) in [5.41, 5.74) is 3.16. The van der Waals surface area contributed by atoms with Crippen LogP contribution in [0.2, 0.25) is 0 Å². The maximum absolute atomic E-state index is 3.09. The fourth-order valence-electron chi connectivity index (χ4n) is 2.41. The van der Waals surface area contributed by atoms with E-state index in [0.29, 0.717) is 0 Å². The smallest absolute Gasteiger partial charge is 0.184 e. The molecule has 0 aliphatic heterocycles. The van der Waals surface area contributed by atoms with Gasteiger partial charge in [0.2, 0.25) is 0 Å². The topological polar surface area (TPSA) is 0 Å². The van der Waals surface area contributed by atoms with Crippen molar-refractivity contribution in [3.05, 3.63) is 47.5 Å². The van der Waals surface area contributed by atoms with Gasteiger partial charge in [0, 0.05) is 0 Å². The van der Waals surface area contributed by atoms with Crippen molar-refractivity contribution in [2.45, 2.75) is 44.9 Å². The van der Waals surface area contributed by atoms with Gasteiger partial charge in [0.1, 0.15) is 0 Å². The standard InChI is InChI=1S/C15H19.Li/c1-2-6-13-9-11-15(12-10-13)14-7-4-3-5-8-14;/h4-5,7-9,15H,2,6,10-12H2,1H3;/q-1;+1. The molecule has 80 valence electrons. The monoisotopic (exact) mass is 206 g/mol. The molecule has 2 rings (SSSR count). The molecule has 1 aromatic rings. The van der Waals surface area contributed by atoms with E-state index in [1.165, 1.54) is 37.7 Å². The molecule has 1 heteroatoms. The Bertz CT molecular complexity index is 327. The van der Waals surface area contributed by atoms with Crippen molar-refractivity contribution >= 4 is 0 Å². The summed E-state index contributed by atoms with van der Waals surface area (Å²) >= 11 is 0. The Morgan fingerprint density at radius 2 is 2.06 bits per heavy atom. The summed E-state index contributed by atoms with van der Waals surface area (Å²) in [6.45, 7) is 2.26. The van der Waals surface area contributed by atoms with Gasteiger partial charge in [-0.25, -0.2) is 0 Å². The van der Waals surface area contributed by atoms with Crippen LogP contribution in [0, 0.1) is 6.07 Å². The normalized spacial score (nSPS) is 19.8. The van der Waals surface area contributed by atoms with Crippen molar-refractivity contribution in [2.75, 3.05) is 0 Å². The summed E-state index contributed by atoms with van der Waals surface area (Å²) in [6.07, 6.45) is 8.92. The van der Waals surface area contributed by atoms with Crippen LogP contribution in [-0.4, -0.2) is 0 Å². The predicted octanol–water partition coefficient (Wildman–Crippen LogP) is 1.48. The summed E-state index contributed by atoms with van der Waals surface area (Å²) in [4.78, 5) is 0. The van der Waals surface area contributed by atoms with Gasteiger partial charge in [-0.3, -0.25) is 0 Å². The first kappa shape index (κ1) is 13.6. The van der Waals surface area contributed by atoms with E-state index in [-0.39, 0.29) is 18.9 Å². The zero-order chi connectivity index (χ0) is 10.5. The first-order valence-corrected chi connectivity index (χ1v) is 6.04. The van der Waals surface area contributed by atoms with Gasteiger partial charge in [-0.15, -0.1) is 0 Å². The zero-order valence-corrected chi connectivity index (χ0v) is 10.5. The second-order valence-corrected chi connectivity index (χ2v) is 4.42. The molecule has 1 unspecified atom stereocenters. The molecule has 0 saturated carbocycles. The van der Waals surface area contributed by atoms with Gasteiger partial charge in [0.05, 0.1) is 0 Å². The largest absolute Gasteiger partial charge is 1.00 e. The molecular formula is C15H19Li. The summed E-state index contributed by atoms with van der Waals surface area (Å²) in [6, 6.07) is 11.6. The number of hydrogen-bond donors (Lipinski definition) is 0. The van der Waals surface area contributed by atoms with Crippen LogP contribution in [0.1, 0.15) is 50.5 Å².